The summed E-state index contributed by atoms with van der Waals surface area (Å²) in [5.41, 5.74) is 0. The van der Waals surface area contributed by atoms with Gasteiger partial charge in [-0.25, -0.2) is 14.6 Å². The van der Waals surface area contributed by atoms with Crippen LogP contribution in [0.5, 0.6) is 0 Å². The van der Waals surface area contributed by atoms with Gasteiger partial charge in [-0.3, -0.25) is 0 Å². The lowest BCUT2D eigenvalue weighted by Gasteiger charge is -2.00. The van der Waals surface area contributed by atoms with Crippen molar-refractivity contribution < 1.29 is 0 Å². The van der Waals surface area contributed by atoms with E-state index < -0.39 is 0 Å². The Morgan fingerprint density at radius 1 is 1.38 bits per heavy atom. The number of nitrogens with zero attached hydrogens (tertiary/aromatic N) is 4. The lowest BCUT2D eigenvalue weighted by Crippen LogP contribution is -2.00. The van der Waals surface area contributed by atoms with E-state index in [1.54, 1.807) is 23.3 Å². The second-order valence-electron chi connectivity index (χ2n) is 2.30. The molecule has 0 atom stereocenters. The monoisotopic (exact) mass is 306 g/mol. The molecule has 4 nitrogen and oxygen atoms in total. The number of hydrogen-bond acceptors (Lipinski definition) is 3. The molecule has 0 aliphatic carbocycles. The van der Waals surface area contributed by atoms with Gasteiger partial charge in [0, 0.05) is 6.20 Å². The van der Waals surface area contributed by atoms with Gasteiger partial charge in [0.2, 0.25) is 0 Å². The van der Waals surface area contributed by atoms with Crippen LogP contribution >= 0.6 is 34.2 Å². The standard InChI is InChI=1S/C7H4ClIN4/c8-5-1-12-13(3-5)7-6(9)2-10-4-11-7/h1-4H. The van der Waals surface area contributed by atoms with E-state index in [-0.39, 0.29) is 0 Å². The number of aromatic nitrogens is 4. The summed E-state index contributed by atoms with van der Waals surface area (Å²) in [6.45, 7) is 0. The van der Waals surface area contributed by atoms with Crippen molar-refractivity contribution >= 4 is 34.2 Å². The molecule has 0 aliphatic rings. The molecule has 2 aromatic rings. The van der Waals surface area contributed by atoms with E-state index in [9.17, 15) is 0 Å². The SMILES string of the molecule is Clc1cnn(-c2ncncc2I)c1. The van der Waals surface area contributed by atoms with Gasteiger partial charge < -0.3 is 0 Å². The predicted molar refractivity (Wildman–Crippen MR) is 56.9 cm³/mol. The molecule has 0 saturated heterocycles. The van der Waals surface area contributed by atoms with Crippen molar-refractivity contribution in [2.45, 2.75) is 0 Å². The Labute approximate surface area is 93.1 Å². The van der Waals surface area contributed by atoms with Gasteiger partial charge in [0.1, 0.15) is 6.33 Å². The summed E-state index contributed by atoms with van der Waals surface area (Å²) in [5, 5.41) is 4.63. The van der Waals surface area contributed by atoms with E-state index in [1.165, 1.54) is 6.33 Å². The molecule has 66 valence electrons. The highest BCUT2D eigenvalue weighted by atomic mass is 127. The third-order valence-corrected chi connectivity index (χ3v) is 2.37. The first-order valence-electron chi connectivity index (χ1n) is 3.43. The van der Waals surface area contributed by atoms with Crippen molar-refractivity contribution in [3.8, 4) is 5.82 Å². The molecule has 13 heavy (non-hydrogen) atoms. The average molecular weight is 306 g/mol. The molecule has 2 aromatic heterocycles. The molecule has 2 heterocycles. The van der Waals surface area contributed by atoms with Crippen molar-refractivity contribution in [3.63, 3.8) is 0 Å². The summed E-state index contributed by atoms with van der Waals surface area (Å²) in [7, 11) is 0. The zero-order chi connectivity index (χ0) is 9.26. The van der Waals surface area contributed by atoms with E-state index in [2.05, 4.69) is 37.7 Å². The highest BCUT2D eigenvalue weighted by molar-refractivity contribution is 14.1. The molecule has 2 rings (SSSR count). The zero-order valence-corrected chi connectivity index (χ0v) is 9.27. The van der Waals surface area contributed by atoms with E-state index in [1.807, 2.05) is 0 Å². The minimum atomic E-state index is 0.592. The highest BCUT2D eigenvalue weighted by Crippen LogP contribution is 2.14. The molecule has 0 bridgehead atoms. The molecule has 0 N–H and O–H groups in total. The third kappa shape index (κ3) is 1.80. The lowest BCUT2D eigenvalue weighted by atomic mass is 10.6. The van der Waals surface area contributed by atoms with Crippen LogP contribution in [0, 0.1) is 3.57 Å². The third-order valence-electron chi connectivity index (χ3n) is 1.42. The van der Waals surface area contributed by atoms with Crippen molar-refractivity contribution in [1.29, 1.82) is 0 Å². The van der Waals surface area contributed by atoms with Crippen LogP contribution in [0.25, 0.3) is 5.82 Å². The van der Waals surface area contributed by atoms with Crippen molar-refractivity contribution in [3.05, 3.63) is 33.5 Å². The van der Waals surface area contributed by atoms with Crippen molar-refractivity contribution in [1.82, 2.24) is 19.7 Å². The first kappa shape index (κ1) is 8.89. The summed E-state index contributed by atoms with van der Waals surface area (Å²) < 4.78 is 2.55. The van der Waals surface area contributed by atoms with Gasteiger partial charge in [0.25, 0.3) is 0 Å². The topological polar surface area (TPSA) is 43.6 Å². The number of halogens is 2. The highest BCUT2D eigenvalue weighted by Gasteiger charge is 2.04. The molecule has 0 amide bonds. The van der Waals surface area contributed by atoms with Crippen LogP contribution in [0.15, 0.2) is 24.9 Å². The maximum absolute atomic E-state index is 5.73. The molecule has 0 aromatic carbocycles. The van der Waals surface area contributed by atoms with Gasteiger partial charge in [0.15, 0.2) is 5.82 Å². The quantitative estimate of drug-likeness (QED) is 0.756. The Morgan fingerprint density at radius 2 is 2.23 bits per heavy atom. The molecular formula is C7H4ClIN4. The van der Waals surface area contributed by atoms with Crippen LogP contribution in [0.1, 0.15) is 0 Å². The smallest absolute Gasteiger partial charge is 0.170 e. The number of hydrogen-bond donors (Lipinski definition) is 0. The van der Waals surface area contributed by atoms with Gasteiger partial charge in [-0.1, -0.05) is 11.6 Å². The summed E-state index contributed by atoms with van der Waals surface area (Å²) >= 11 is 7.88. The van der Waals surface area contributed by atoms with Gasteiger partial charge in [0.05, 0.1) is 21.0 Å². The first-order valence-corrected chi connectivity index (χ1v) is 4.89. The Bertz CT molecular complexity index is 428. The van der Waals surface area contributed by atoms with Gasteiger partial charge >= 0.3 is 0 Å². The maximum Gasteiger partial charge on any atom is 0.170 e. The summed E-state index contributed by atoms with van der Waals surface area (Å²) in [6, 6.07) is 0. The summed E-state index contributed by atoms with van der Waals surface area (Å²) in [4.78, 5) is 7.97. The van der Waals surface area contributed by atoms with Crippen LogP contribution in [0.2, 0.25) is 5.02 Å². The Morgan fingerprint density at radius 3 is 2.85 bits per heavy atom. The molecule has 0 spiro atoms. The van der Waals surface area contributed by atoms with Crippen LogP contribution < -0.4 is 0 Å². The first-order chi connectivity index (χ1) is 6.27. The van der Waals surface area contributed by atoms with Gasteiger partial charge in [-0.15, -0.1) is 0 Å². The summed E-state index contributed by atoms with van der Waals surface area (Å²) in [6.07, 6.45) is 6.47. The fourth-order valence-corrected chi connectivity index (χ4v) is 1.57. The molecule has 0 fully saturated rings. The fourth-order valence-electron chi connectivity index (χ4n) is 0.891. The lowest BCUT2D eigenvalue weighted by molar-refractivity contribution is 0.832. The normalized spacial score (nSPS) is 10.3. The predicted octanol–water partition coefficient (Wildman–Crippen LogP) is 1.92. The Balaban J connectivity index is 2.52. The molecule has 0 radical (unpaired) electrons. The van der Waals surface area contributed by atoms with Crippen LogP contribution in [-0.2, 0) is 0 Å². The van der Waals surface area contributed by atoms with Crippen LogP contribution in [0.3, 0.4) is 0 Å². The van der Waals surface area contributed by atoms with E-state index in [0.29, 0.717) is 5.02 Å². The van der Waals surface area contributed by atoms with E-state index >= 15 is 0 Å². The van der Waals surface area contributed by atoms with Gasteiger partial charge in [-0.2, -0.15) is 5.10 Å². The average Bonchev–Trinajstić information content (AvgIpc) is 2.53. The molecule has 0 aliphatic heterocycles. The molecule has 0 unspecified atom stereocenters. The Kier molecular flexibility index (Phi) is 2.45. The minimum absolute atomic E-state index is 0.592. The molecule has 0 saturated carbocycles. The Hall–Kier alpha value is -0.690. The van der Waals surface area contributed by atoms with Crippen LogP contribution in [0.4, 0.5) is 0 Å². The molecular weight excluding hydrogens is 302 g/mol. The zero-order valence-electron chi connectivity index (χ0n) is 6.35. The van der Waals surface area contributed by atoms with Crippen molar-refractivity contribution in [2.24, 2.45) is 0 Å². The minimum Gasteiger partial charge on any atom is -0.244 e. The van der Waals surface area contributed by atoms with E-state index in [4.69, 9.17) is 11.6 Å². The second kappa shape index (κ2) is 3.59. The maximum atomic E-state index is 5.73. The fraction of sp³-hybridized carbons (Fsp3) is 0. The molecule has 6 heteroatoms. The van der Waals surface area contributed by atoms with Gasteiger partial charge in [-0.05, 0) is 22.6 Å². The van der Waals surface area contributed by atoms with Crippen LogP contribution in [-0.4, -0.2) is 19.7 Å². The van der Waals surface area contributed by atoms with E-state index in [0.717, 1.165) is 9.39 Å². The second-order valence-corrected chi connectivity index (χ2v) is 3.90. The van der Waals surface area contributed by atoms with Crippen molar-refractivity contribution in [2.75, 3.05) is 0 Å². The largest absolute Gasteiger partial charge is 0.244 e. The number of rotatable bonds is 1. The summed E-state index contributed by atoms with van der Waals surface area (Å²) in [5.74, 6) is 0.738.